The third-order valence-corrected chi connectivity index (χ3v) is 24.8. The van der Waals surface area contributed by atoms with Gasteiger partial charge < -0.3 is 33.8 Å². The second-order valence-corrected chi connectivity index (χ2v) is 37.1. The van der Waals surface area contributed by atoms with Crippen LogP contribution in [0.2, 0.25) is 0 Å². The number of rotatable bonds is 93. The first-order chi connectivity index (χ1) is 54.9. The molecule has 113 heavy (non-hydrogen) atoms. The van der Waals surface area contributed by atoms with Crippen molar-refractivity contribution in [3.8, 4) is 0 Å². The Morgan fingerprint density at radius 1 is 0.248 bits per heavy atom. The van der Waals surface area contributed by atoms with Crippen LogP contribution in [-0.4, -0.2) is 96.7 Å². The maximum absolute atomic E-state index is 13.2. The van der Waals surface area contributed by atoms with E-state index in [1.54, 1.807) is 0 Å². The third kappa shape index (κ3) is 84.9. The van der Waals surface area contributed by atoms with E-state index in [0.717, 1.165) is 102 Å². The molecule has 0 aliphatic carbocycles. The summed E-state index contributed by atoms with van der Waals surface area (Å²) in [5.41, 5.74) is 0. The first kappa shape index (κ1) is 111. The van der Waals surface area contributed by atoms with E-state index in [1.807, 2.05) is 0 Å². The van der Waals surface area contributed by atoms with Gasteiger partial charge in [0, 0.05) is 25.7 Å². The maximum atomic E-state index is 13.2. The lowest BCUT2D eigenvalue weighted by atomic mass is 9.99. The molecule has 17 nitrogen and oxygen atoms in total. The fourth-order valence-corrected chi connectivity index (χ4v) is 16.3. The van der Waals surface area contributed by atoms with Crippen LogP contribution in [0.1, 0.15) is 510 Å². The Bertz CT molecular complexity index is 2150. The van der Waals surface area contributed by atoms with Crippen LogP contribution in [0.3, 0.4) is 0 Å². The average molecular weight is 1650 g/mol. The lowest BCUT2D eigenvalue weighted by Crippen LogP contribution is -2.30. The van der Waals surface area contributed by atoms with Gasteiger partial charge in [0.05, 0.1) is 26.4 Å². The van der Waals surface area contributed by atoms with Crippen molar-refractivity contribution in [1.82, 2.24) is 0 Å². The highest BCUT2D eigenvalue weighted by Crippen LogP contribution is 2.45. The predicted octanol–water partition coefficient (Wildman–Crippen LogP) is 29.4. The minimum absolute atomic E-state index is 0.109. The van der Waals surface area contributed by atoms with Crippen molar-refractivity contribution in [2.75, 3.05) is 39.6 Å². The minimum Gasteiger partial charge on any atom is -0.462 e. The molecule has 0 aromatic heterocycles. The summed E-state index contributed by atoms with van der Waals surface area (Å²) >= 11 is 0. The molecular formula is C94H184O17P2. The smallest absolute Gasteiger partial charge is 0.462 e. The Labute approximate surface area is 696 Å². The Hall–Kier alpha value is -1.94. The average Bonchev–Trinajstić information content (AvgIpc) is 0.894. The van der Waals surface area contributed by atoms with Crippen LogP contribution in [-0.2, 0) is 65.4 Å². The molecule has 4 unspecified atom stereocenters. The SMILES string of the molecule is CCCCCCCCCCCCCCCCCCCCCCCC(=O)OC[C@H](COP(=O)(O)OC[C@@H](O)COP(=O)(O)OC[C@@H](COC(=O)CCCCCCCCCCC(C)CC)OC(=O)CCCCCCCCCCCCCCCCCCCC)OC(=O)CCCCCCCCCCCCCCCCCCCCC(C)CC. The largest absolute Gasteiger partial charge is 0.472 e. The molecule has 0 spiro atoms. The van der Waals surface area contributed by atoms with Gasteiger partial charge in [-0.05, 0) is 37.5 Å². The van der Waals surface area contributed by atoms with E-state index in [0.29, 0.717) is 25.7 Å². The summed E-state index contributed by atoms with van der Waals surface area (Å²) in [5, 5.41) is 10.7. The van der Waals surface area contributed by atoms with Crippen LogP contribution in [0.4, 0.5) is 0 Å². The highest BCUT2D eigenvalue weighted by molar-refractivity contribution is 7.47. The van der Waals surface area contributed by atoms with Gasteiger partial charge in [-0.25, -0.2) is 9.13 Å². The van der Waals surface area contributed by atoms with Crippen LogP contribution < -0.4 is 0 Å². The summed E-state index contributed by atoms with van der Waals surface area (Å²) in [4.78, 5) is 73.5. The standard InChI is InChI=1S/C94H184O17P2/c1-7-11-13-15-17-19-21-23-25-27-29-30-31-36-39-43-47-51-58-64-70-76-91(96)104-82-89(110-93(98)78-73-67-61-53-49-45-41-37-33-32-34-38-42-46-50-56-62-68-74-86(5)9-3)84-108-112(100,101)106-80-88(95)81-107-113(102,103)109-85-90(83-105-92(97)77-71-65-59-55-54-57-63-69-75-87(6)10-4)111-94(99)79-72-66-60-52-48-44-40-35-28-26-24-22-20-18-16-14-12-8-2/h86-90,95H,7-85H2,1-6H3,(H,100,101)(H,102,103)/t86?,87?,88-,89-,90-/m1/s1. The molecule has 0 aliphatic rings. The van der Waals surface area contributed by atoms with Crippen LogP contribution in [0.25, 0.3) is 0 Å². The molecule has 0 radical (unpaired) electrons. The first-order valence-corrected chi connectivity index (χ1v) is 51.6. The second-order valence-electron chi connectivity index (χ2n) is 34.2. The monoisotopic (exact) mass is 1650 g/mol. The number of hydrogen-bond acceptors (Lipinski definition) is 15. The highest BCUT2D eigenvalue weighted by Gasteiger charge is 2.31. The van der Waals surface area contributed by atoms with Gasteiger partial charge in [0.1, 0.15) is 19.3 Å². The zero-order chi connectivity index (χ0) is 82.7. The van der Waals surface area contributed by atoms with E-state index in [4.69, 9.17) is 37.0 Å². The molecule has 0 fully saturated rings. The van der Waals surface area contributed by atoms with Crippen LogP contribution >= 0.6 is 15.6 Å². The molecule has 0 rings (SSSR count). The van der Waals surface area contributed by atoms with Gasteiger partial charge in [0.15, 0.2) is 12.2 Å². The molecule has 0 saturated carbocycles. The number of carbonyl (C=O) groups is 4. The Morgan fingerprint density at radius 2 is 0.425 bits per heavy atom. The summed E-state index contributed by atoms with van der Waals surface area (Å²) < 4.78 is 69.2. The zero-order valence-electron chi connectivity index (χ0n) is 74.7. The van der Waals surface area contributed by atoms with Gasteiger partial charge in [0.25, 0.3) is 0 Å². The number of hydrogen-bond donors (Lipinski definition) is 3. The van der Waals surface area contributed by atoms with Gasteiger partial charge in [0.2, 0.25) is 0 Å². The lowest BCUT2D eigenvalue weighted by Gasteiger charge is -2.21. The molecular weight excluding hydrogens is 1460 g/mol. The van der Waals surface area contributed by atoms with Crippen molar-refractivity contribution < 1.29 is 80.2 Å². The second kappa shape index (κ2) is 85.1. The molecule has 672 valence electrons. The number of unbranched alkanes of at least 4 members (excludes halogenated alkanes) is 61. The quantitative estimate of drug-likeness (QED) is 0.0222. The number of phosphoric ester groups is 2. The van der Waals surface area contributed by atoms with Crippen LogP contribution in [0.15, 0.2) is 0 Å². The van der Waals surface area contributed by atoms with E-state index in [1.165, 1.54) is 327 Å². The Morgan fingerprint density at radius 3 is 0.628 bits per heavy atom. The summed E-state index contributed by atoms with van der Waals surface area (Å²) in [6.07, 6.45) is 80.6. The van der Waals surface area contributed by atoms with E-state index in [9.17, 15) is 43.2 Å². The van der Waals surface area contributed by atoms with Crippen LogP contribution in [0.5, 0.6) is 0 Å². The maximum Gasteiger partial charge on any atom is 0.472 e. The zero-order valence-corrected chi connectivity index (χ0v) is 76.5. The van der Waals surface area contributed by atoms with Crippen LogP contribution in [0, 0.1) is 11.8 Å². The fraction of sp³-hybridized carbons (Fsp3) is 0.957. The van der Waals surface area contributed by atoms with Crippen molar-refractivity contribution >= 4 is 39.5 Å². The van der Waals surface area contributed by atoms with E-state index < -0.39 is 97.5 Å². The number of ether oxygens (including phenoxy) is 4. The molecule has 0 aliphatic heterocycles. The lowest BCUT2D eigenvalue weighted by molar-refractivity contribution is -0.161. The predicted molar refractivity (Wildman–Crippen MR) is 469 cm³/mol. The van der Waals surface area contributed by atoms with Gasteiger partial charge >= 0.3 is 39.5 Å². The normalized spacial score (nSPS) is 14.2. The molecule has 0 heterocycles. The Balaban J connectivity index is 5.24. The van der Waals surface area contributed by atoms with Gasteiger partial charge in [-0.1, -0.05) is 459 Å². The summed E-state index contributed by atoms with van der Waals surface area (Å²) in [6.45, 7) is 9.79. The number of carbonyl (C=O) groups excluding carboxylic acids is 4. The summed E-state index contributed by atoms with van der Waals surface area (Å²) in [6, 6.07) is 0. The minimum atomic E-state index is -4.97. The molecule has 0 saturated heterocycles. The van der Waals surface area contributed by atoms with Crippen molar-refractivity contribution in [2.45, 2.75) is 529 Å². The molecule has 0 aromatic rings. The van der Waals surface area contributed by atoms with Crippen molar-refractivity contribution in [1.29, 1.82) is 0 Å². The Kier molecular flexibility index (Phi) is 83.6. The highest BCUT2D eigenvalue weighted by atomic mass is 31.2. The van der Waals surface area contributed by atoms with E-state index in [-0.39, 0.29) is 25.7 Å². The van der Waals surface area contributed by atoms with Gasteiger partial charge in [-0.15, -0.1) is 0 Å². The third-order valence-electron chi connectivity index (χ3n) is 22.9. The van der Waals surface area contributed by atoms with Gasteiger partial charge in [-0.3, -0.25) is 37.3 Å². The summed E-state index contributed by atoms with van der Waals surface area (Å²) in [5.74, 6) is -0.444. The summed E-state index contributed by atoms with van der Waals surface area (Å²) in [7, 11) is -9.94. The van der Waals surface area contributed by atoms with Gasteiger partial charge in [-0.2, -0.15) is 0 Å². The van der Waals surface area contributed by atoms with Crippen molar-refractivity contribution in [2.24, 2.45) is 11.8 Å². The molecule has 0 aromatic carbocycles. The number of phosphoric acid groups is 2. The van der Waals surface area contributed by atoms with E-state index >= 15 is 0 Å². The molecule has 7 atom stereocenters. The molecule has 3 N–H and O–H groups in total. The topological polar surface area (TPSA) is 237 Å². The number of aliphatic hydroxyl groups is 1. The molecule has 0 bridgehead atoms. The fourth-order valence-electron chi connectivity index (χ4n) is 14.8. The van der Waals surface area contributed by atoms with E-state index in [2.05, 4.69) is 41.5 Å². The number of esters is 4. The molecule has 0 amide bonds. The van der Waals surface area contributed by atoms with Crippen molar-refractivity contribution in [3.63, 3.8) is 0 Å². The number of aliphatic hydroxyl groups excluding tert-OH is 1. The van der Waals surface area contributed by atoms with Crippen molar-refractivity contribution in [3.05, 3.63) is 0 Å². The first-order valence-electron chi connectivity index (χ1n) is 48.6. The molecule has 19 heteroatoms.